The number of hydrogen-bond acceptors (Lipinski definition) is 2. The van der Waals surface area contributed by atoms with Gasteiger partial charge >= 0.3 is 0 Å². The molecule has 0 amide bonds. The van der Waals surface area contributed by atoms with Crippen LogP contribution >= 0.6 is 0 Å². The fourth-order valence-electron chi connectivity index (χ4n) is 1.90. The van der Waals surface area contributed by atoms with Crippen molar-refractivity contribution >= 4 is 10.2 Å². The van der Waals surface area contributed by atoms with Gasteiger partial charge in [0.25, 0.3) is 10.2 Å². The first-order valence-corrected chi connectivity index (χ1v) is 9.44. The second-order valence-electron chi connectivity index (χ2n) is 6.40. The molecule has 0 atom stereocenters. The molecule has 0 unspecified atom stereocenters. The van der Waals surface area contributed by atoms with Crippen molar-refractivity contribution in [3.8, 4) is 0 Å². The number of nitrogens with zero attached hydrogens (tertiary/aromatic N) is 1. The maximum Gasteiger partial charge on any atom is 0.279 e. The van der Waals surface area contributed by atoms with Crippen LogP contribution in [0, 0.1) is 11.8 Å². The van der Waals surface area contributed by atoms with Crippen LogP contribution in [-0.4, -0.2) is 31.9 Å². The zero-order valence-electron chi connectivity index (χ0n) is 14.1. The molecule has 0 aromatic heterocycles. The molecule has 0 saturated heterocycles. The molecule has 0 bridgehead atoms. The molecular formula is C15H34N2O2S. The summed E-state index contributed by atoms with van der Waals surface area (Å²) in [6.45, 7) is 13.8. The van der Waals surface area contributed by atoms with E-state index in [1.54, 1.807) is 4.31 Å². The lowest BCUT2D eigenvalue weighted by atomic mass is 10.1. The Morgan fingerprint density at radius 2 is 1.30 bits per heavy atom. The second kappa shape index (κ2) is 9.74. The Labute approximate surface area is 126 Å². The molecule has 0 saturated carbocycles. The van der Waals surface area contributed by atoms with Gasteiger partial charge in [-0.25, -0.2) is 0 Å². The van der Waals surface area contributed by atoms with E-state index in [2.05, 4.69) is 32.4 Å². The standard InChI is InChI=1S/C15H34N2O2S/c1-7-15(8-2)16-20(18,19)17(11-9-13(3)4)12-10-14(5)6/h13-16H,7-12H2,1-6H3. The topological polar surface area (TPSA) is 49.4 Å². The van der Waals surface area contributed by atoms with E-state index in [1.807, 2.05) is 13.8 Å². The van der Waals surface area contributed by atoms with Crippen molar-refractivity contribution < 1.29 is 8.42 Å². The maximum atomic E-state index is 12.5. The third-order valence-corrected chi connectivity index (χ3v) is 5.23. The van der Waals surface area contributed by atoms with Crippen LogP contribution in [0.2, 0.25) is 0 Å². The summed E-state index contributed by atoms with van der Waals surface area (Å²) >= 11 is 0. The summed E-state index contributed by atoms with van der Waals surface area (Å²) in [6.07, 6.45) is 3.47. The third kappa shape index (κ3) is 8.22. The molecule has 0 aromatic carbocycles. The lowest BCUT2D eigenvalue weighted by Gasteiger charge is -2.26. The molecule has 5 heteroatoms. The molecule has 0 aliphatic carbocycles. The van der Waals surface area contributed by atoms with Gasteiger partial charge in [0, 0.05) is 19.1 Å². The van der Waals surface area contributed by atoms with E-state index in [0.717, 1.165) is 25.7 Å². The second-order valence-corrected chi connectivity index (χ2v) is 8.10. The average molecular weight is 307 g/mol. The number of hydrogen-bond donors (Lipinski definition) is 1. The minimum absolute atomic E-state index is 0.0422. The summed E-state index contributed by atoms with van der Waals surface area (Å²) in [5.74, 6) is 1.03. The van der Waals surface area contributed by atoms with Gasteiger partial charge in [0.1, 0.15) is 0 Å². The Kier molecular flexibility index (Phi) is 9.68. The molecule has 1 N–H and O–H groups in total. The molecule has 0 aliphatic heterocycles. The fraction of sp³-hybridized carbons (Fsp3) is 1.00. The SMILES string of the molecule is CCC(CC)NS(=O)(=O)N(CCC(C)C)CCC(C)C. The molecule has 0 aromatic rings. The average Bonchev–Trinajstić information content (AvgIpc) is 2.34. The van der Waals surface area contributed by atoms with Crippen molar-refractivity contribution in [3.63, 3.8) is 0 Å². The quantitative estimate of drug-likeness (QED) is 0.636. The monoisotopic (exact) mass is 306 g/mol. The molecule has 0 fully saturated rings. The van der Waals surface area contributed by atoms with Gasteiger partial charge in [0.15, 0.2) is 0 Å². The van der Waals surface area contributed by atoms with Crippen LogP contribution in [-0.2, 0) is 10.2 Å². The summed E-state index contributed by atoms with van der Waals surface area (Å²) in [6, 6.07) is 0.0422. The van der Waals surface area contributed by atoms with Crippen LogP contribution in [0.3, 0.4) is 0 Å². The van der Waals surface area contributed by atoms with Crippen molar-refractivity contribution in [2.24, 2.45) is 11.8 Å². The Hall–Kier alpha value is -0.130. The van der Waals surface area contributed by atoms with Crippen LogP contribution in [0.4, 0.5) is 0 Å². The van der Waals surface area contributed by atoms with Gasteiger partial charge in [-0.1, -0.05) is 41.5 Å². The first-order chi connectivity index (χ1) is 9.22. The minimum atomic E-state index is -3.35. The molecular weight excluding hydrogens is 272 g/mol. The smallest absolute Gasteiger partial charge is 0.199 e. The highest BCUT2D eigenvalue weighted by molar-refractivity contribution is 7.87. The molecule has 0 aliphatic rings. The molecule has 122 valence electrons. The number of nitrogens with one attached hydrogen (secondary N) is 1. The molecule has 4 nitrogen and oxygen atoms in total. The third-order valence-electron chi connectivity index (χ3n) is 3.55. The first-order valence-electron chi connectivity index (χ1n) is 8.00. The van der Waals surface area contributed by atoms with E-state index in [-0.39, 0.29) is 6.04 Å². The molecule has 0 spiro atoms. The highest BCUT2D eigenvalue weighted by Gasteiger charge is 2.24. The zero-order valence-corrected chi connectivity index (χ0v) is 15.0. The highest BCUT2D eigenvalue weighted by Crippen LogP contribution is 2.11. The fourth-order valence-corrected chi connectivity index (χ4v) is 3.49. The minimum Gasteiger partial charge on any atom is -0.199 e. The summed E-state index contributed by atoms with van der Waals surface area (Å²) in [5, 5.41) is 0. The van der Waals surface area contributed by atoms with Gasteiger partial charge in [-0.2, -0.15) is 17.4 Å². The van der Waals surface area contributed by atoms with Gasteiger partial charge in [-0.15, -0.1) is 0 Å². The van der Waals surface area contributed by atoms with Gasteiger partial charge < -0.3 is 0 Å². The van der Waals surface area contributed by atoms with Crippen molar-refractivity contribution in [3.05, 3.63) is 0 Å². The lowest BCUT2D eigenvalue weighted by Crippen LogP contribution is -2.46. The Morgan fingerprint density at radius 1 is 0.900 bits per heavy atom. The van der Waals surface area contributed by atoms with E-state index >= 15 is 0 Å². The van der Waals surface area contributed by atoms with E-state index in [1.165, 1.54) is 0 Å². The molecule has 0 rings (SSSR count). The molecule has 0 heterocycles. The van der Waals surface area contributed by atoms with Crippen molar-refractivity contribution in [1.29, 1.82) is 0 Å². The predicted octanol–water partition coefficient (Wildman–Crippen LogP) is 3.40. The van der Waals surface area contributed by atoms with Gasteiger partial charge in [0.05, 0.1) is 0 Å². The van der Waals surface area contributed by atoms with Crippen molar-refractivity contribution in [2.45, 2.75) is 73.3 Å². The zero-order chi connectivity index (χ0) is 15.8. The predicted molar refractivity (Wildman–Crippen MR) is 86.9 cm³/mol. The van der Waals surface area contributed by atoms with E-state index in [0.29, 0.717) is 24.9 Å². The normalized spacial score (nSPS) is 13.1. The van der Waals surface area contributed by atoms with Crippen LogP contribution < -0.4 is 4.72 Å². The number of rotatable bonds is 11. The largest absolute Gasteiger partial charge is 0.279 e. The van der Waals surface area contributed by atoms with Crippen molar-refractivity contribution in [2.75, 3.05) is 13.1 Å². The van der Waals surface area contributed by atoms with E-state index in [4.69, 9.17) is 0 Å². The maximum absolute atomic E-state index is 12.5. The molecule has 0 radical (unpaired) electrons. The van der Waals surface area contributed by atoms with Gasteiger partial charge in [-0.05, 0) is 37.5 Å². The summed E-state index contributed by atoms with van der Waals surface area (Å²) in [7, 11) is -3.35. The highest BCUT2D eigenvalue weighted by atomic mass is 32.2. The lowest BCUT2D eigenvalue weighted by molar-refractivity contribution is 0.347. The van der Waals surface area contributed by atoms with Gasteiger partial charge in [0.2, 0.25) is 0 Å². The van der Waals surface area contributed by atoms with E-state index < -0.39 is 10.2 Å². The van der Waals surface area contributed by atoms with Crippen molar-refractivity contribution in [1.82, 2.24) is 9.03 Å². The Balaban J connectivity index is 4.77. The molecule has 20 heavy (non-hydrogen) atoms. The van der Waals surface area contributed by atoms with Gasteiger partial charge in [-0.3, -0.25) is 0 Å². The summed E-state index contributed by atoms with van der Waals surface area (Å²) in [4.78, 5) is 0. The van der Waals surface area contributed by atoms with Crippen LogP contribution in [0.25, 0.3) is 0 Å². The van der Waals surface area contributed by atoms with Crippen LogP contribution in [0.5, 0.6) is 0 Å². The summed E-state index contributed by atoms with van der Waals surface area (Å²) in [5.41, 5.74) is 0. The Bertz CT molecular complexity index is 324. The summed E-state index contributed by atoms with van der Waals surface area (Å²) < 4.78 is 29.5. The van der Waals surface area contributed by atoms with Crippen LogP contribution in [0.1, 0.15) is 67.2 Å². The van der Waals surface area contributed by atoms with Crippen LogP contribution in [0.15, 0.2) is 0 Å². The Morgan fingerprint density at radius 3 is 1.60 bits per heavy atom. The van der Waals surface area contributed by atoms with E-state index in [9.17, 15) is 8.42 Å². The first kappa shape index (κ1) is 19.9.